The lowest BCUT2D eigenvalue weighted by Crippen LogP contribution is -2.30. The zero-order valence-corrected chi connectivity index (χ0v) is 67.8. The SMILES string of the molecule is CCCCCCCCCCCCCCCCCCCCCCCCC(=O)O[C@H](COC(=O)CCCCCCCCCCCCCCCCC(C)CC)COP(=O)(O)OC[C@@H](O)COP(=O)(O)OC[C@@H](COC(=O)CCCCCCCCCCCC)OC(=O)CCCCCCCCCCCCC. The van der Waals surface area contributed by atoms with Gasteiger partial charge in [-0.3, -0.25) is 37.3 Å². The highest BCUT2D eigenvalue weighted by molar-refractivity contribution is 7.47. The van der Waals surface area contributed by atoms with E-state index in [1.807, 2.05) is 0 Å². The fraction of sp³-hybridized carbons (Fsp3) is 0.951. The largest absolute Gasteiger partial charge is 0.472 e. The quantitative estimate of drug-likeness (QED) is 0.0222. The van der Waals surface area contributed by atoms with Crippen molar-refractivity contribution in [3.63, 3.8) is 0 Å². The molecule has 0 spiro atoms. The zero-order valence-electron chi connectivity index (χ0n) is 66.1. The van der Waals surface area contributed by atoms with E-state index in [2.05, 4.69) is 34.6 Å². The molecule has 0 saturated heterocycles. The third kappa shape index (κ3) is 74.7. The molecule has 17 nitrogen and oxygen atoms in total. The van der Waals surface area contributed by atoms with Crippen molar-refractivity contribution in [2.24, 2.45) is 5.92 Å². The van der Waals surface area contributed by atoms with Crippen molar-refractivity contribution in [3.05, 3.63) is 0 Å². The highest BCUT2D eigenvalue weighted by atomic mass is 31.2. The van der Waals surface area contributed by atoms with Gasteiger partial charge in [-0.05, 0) is 31.6 Å². The molecule has 3 N–H and O–H groups in total. The van der Waals surface area contributed by atoms with Crippen molar-refractivity contribution >= 4 is 39.5 Å². The lowest BCUT2D eigenvalue weighted by Gasteiger charge is -2.21. The topological polar surface area (TPSA) is 237 Å². The van der Waals surface area contributed by atoms with E-state index in [-0.39, 0.29) is 25.7 Å². The molecule has 0 heterocycles. The van der Waals surface area contributed by atoms with Crippen LogP contribution in [0.25, 0.3) is 0 Å². The molecule has 0 aromatic carbocycles. The summed E-state index contributed by atoms with van der Waals surface area (Å²) in [6, 6.07) is 0. The molecule has 101 heavy (non-hydrogen) atoms. The number of phosphoric acid groups is 2. The molecule has 600 valence electrons. The van der Waals surface area contributed by atoms with E-state index in [4.69, 9.17) is 37.0 Å². The molecule has 0 aliphatic heterocycles. The number of ether oxygens (including phenoxy) is 4. The molecule has 0 bridgehead atoms. The maximum absolute atomic E-state index is 13.1. The number of hydrogen-bond donors (Lipinski definition) is 3. The molecular weight excluding hydrogens is 1320 g/mol. The number of phosphoric ester groups is 2. The van der Waals surface area contributed by atoms with Gasteiger partial charge < -0.3 is 33.8 Å². The van der Waals surface area contributed by atoms with E-state index < -0.39 is 97.5 Å². The third-order valence-electron chi connectivity index (χ3n) is 19.6. The molecule has 3 unspecified atom stereocenters. The van der Waals surface area contributed by atoms with E-state index in [0.717, 1.165) is 95.8 Å². The van der Waals surface area contributed by atoms with Gasteiger partial charge in [0, 0.05) is 25.7 Å². The first-order valence-corrected chi connectivity index (χ1v) is 45.7. The second-order valence-electron chi connectivity index (χ2n) is 29.8. The van der Waals surface area contributed by atoms with Gasteiger partial charge in [0.15, 0.2) is 12.2 Å². The summed E-state index contributed by atoms with van der Waals surface area (Å²) in [7, 11) is -9.92. The first kappa shape index (κ1) is 99.1. The van der Waals surface area contributed by atoms with E-state index in [1.165, 1.54) is 263 Å². The number of aliphatic hydroxyl groups is 1. The number of rotatable bonds is 82. The minimum absolute atomic E-state index is 0.107. The van der Waals surface area contributed by atoms with Crippen LogP contribution in [0.2, 0.25) is 0 Å². The minimum Gasteiger partial charge on any atom is -0.462 e. The van der Waals surface area contributed by atoms with Crippen molar-refractivity contribution in [1.82, 2.24) is 0 Å². The predicted octanol–water partition coefficient (Wildman–Crippen LogP) is 24.8. The van der Waals surface area contributed by atoms with Crippen molar-refractivity contribution < 1.29 is 80.2 Å². The number of hydrogen-bond acceptors (Lipinski definition) is 15. The number of carbonyl (C=O) groups excluding carboxylic acids is 4. The van der Waals surface area contributed by atoms with Crippen molar-refractivity contribution in [2.45, 2.75) is 457 Å². The smallest absolute Gasteiger partial charge is 0.462 e. The summed E-state index contributed by atoms with van der Waals surface area (Å²) in [6.07, 6.45) is 66.6. The third-order valence-corrected chi connectivity index (χ3v) is 21.5. The highest BCUT2D eigenvalue weighted by Gasteiger charge is 2.30. The molecule has 19 heteroatoms. The molecular formula is C82H160O17P2. The van der Waals surface area contributed by atoms with Crippen molar-refractivity contribution in [3.8, 4) is 0 Å². The van der Waals surface area contributed by atoms with Crippen LogP contribution in [-0.2, 0) is 65.4 Å². The number of unbranched alkanes of at least 4 members (excludes halogenated alkanes) is 53. The van der Waals surface area contributed by atoms with Crippen molar-refractivity contribution in [2.75, 3.05) is 39.6 Å². The molecule has 0 radical (unpaired) electrons. The number of esters is 4. The summed E-state index contributed by atoms with van der Waals surface area (Å²) in [4.78, 5) is 73.0. The predicted molar refractivity (Wildman–Crippen MR) is 414 cm³/mol. The van der Waals surface area contributed by atoms with E-state index in [9.17, 15) is 43.2 Å². The van der Waals surface area contributed by atoms with Crippen LogP contribution < -0.4 is 0 Å². The van der Waals surface area contributed by atoms with E-state index in [0.29, 0.717) is 25.7 Å². The Morgan fingerprint density at radius 1 is 0.277 bits per heavy atom. The summed E-state index contributed by atoms with van der Waals surface area (Å²) in [5, 5.41) is 10.6. The maximum Gasteiger partial charge on any atom is 0.472 e. The van der Waals surface area contributed by atoms with E-state index in [1.54, 1.807) is 0 Å². The molecule has 6 atom stereocenters. The summed E-state index contributed by atoms with van der Waals surface area (Å²) in [6.45, 7) is 7.37. The monoisotopic (exact) mass is 1480 g/mol. The number of aliphatic hydroxyl groups excluding tert-OH is 1. The Balaban J connectivity index is 5.19. The molecule has 0 aliphatic carbocycles. The Kier molecular flexibility index (Phi) is 73.5. The first-order chi connectivity index (χ1) is 49.1. The highest BCUT2D eigenvalue weighted by Crippen LogP contribution is 2.45. The molecule has 0 aromatic heterocycles. The average Bonchev–Trinajstić information content (AvgIpc) is 0.957. The van der Waals surface area contributed by atoms with Crippen LogP contribution in [0.4, 0.5) is 0 Å². The van der Waals surface area contributed by atoms with Crippen LogP contribution in [0.1, 0.15) is 439 Å². The van der Waals surface area contributed by atoms with Gasteiger partial charge in [-0.2, -0.15) is 0 Å². The van der Waals surface area contributed by atoms with Gasteiger partial charge in [0.2, 0.25) is 0 Å². The molecule has 0 saturated carbocycles. The molecule has 0 aromatic rings. The summed E-state index contributed by atoms with van der Waals surface area (Å²) in [5.74, 6) is -1.26. The van der Waals surface area contributed by atoms with Gasteiger partial charge in [-0.25, -0.2) is 9.13 Å². The Morgan fingerprint density at radius 2 is 0.475 bits per heavy atom. The second kappa shape index (κ2) is 74.9. The average molecular weight is 1480 g/mol. The summed E-state index contributed by atoms with van der Waals surface area (Å²) >= 11 is 0. The molecule has 0 aliphatic rings. The lowest BCUT2D eigenvalue weighted by molar-refractivity contribution is -0.161. The molecule has 0 rings (SSSR count). The van der Waals surface area contributed by atoms with Gasteiger partial charge in [0.25, 0.3) is 0 Å². The fourth-order valence-electron chi connectivity index (χ4n) is 12.7. The van der Waals surface area contributed by atoms with Crippen LogP contribution in [0.15, 0.2) is 0 Å². The fourth-order valence-corrected chi connectivity index (χ4v) is 14.3. The molecule has 0 fully saturated rings. The van der Waals surface area contributed by atoms with Crippen LogP contribution in [0, 0.1) is 5.92 Å². The maximum atomic E-state index is 13.1. The first-order valence-electron chi connectivity index (χ1n) is 42.7. The Bertz CT molecular complexity index is 1930. The molecule has 0 amide bonds. The second-order valence-corrected chi connectivity index (χ2v) is 32.7. The van der Waals surface area contributed by atoms with Gasteiger partial charge >= 0.3 is 39.5 Å². The van der Waals surface area contributed by atoms with Crippen molar-refractivity contribution in [1.29, 1.82) is 0 Å². The van der Waals surface area contributed by atoms with Gasteiger partial charge in [-0.15, -0.1) is 0 Å². The van der Waals surface area contributed by atoms with Crippen LogP contribution in [0.3, 0.4) is 0 Å². The Hall–Kier alpha value is -1.94. The van der Waals surface area contributed by atoms with Gasteiger partial charge in [-0.1, -0.05) is 388 Å². The van der Waals surface area contributed by atoms with Crippen LogP contribution in [-0.4, -0.2) is 96.7 Å². The van der Waals surface area contributed by atoms with Gasteiger partial charge in [0.05, 0.1) is 26.4 Å². The summed E-state index contributed by atoms with van der Waals surface area (Å²) < 4.78 is 68.7. The van der Waals surface area contributed by atoms with Gasteiger partial charge in [0.1, 0.15) is 19.3 Å². The minimum atomic E-state index is -4.96. The summed E-state index contributed by atoms with van der Waals surface area (Å²) in [5.41, 5.74) is 0. The van der Waals surface area contributed by atoms with Crippen LogP contribution in [0.5, 0.6) is 0 Å². The Labute approximate surface area is 619 Å². The Morgan fingerprint density at radius 3 is 0.703 bits per heavy atom. The van der Waals surface area contributed by atoms with Crippen LogP contribution >= 0.6 is 15.6 Å². The normalized spacial score (nSPS) is 14.1. The van der Waals surface area contributed by atoms with E-state index >= 15 is 0 Å². The standard InChI is InChI=1S/C82H160O17P2/c1-6-10-13-16-19-22-25-26-27-28-29-30-31-32-33-34-39-43-48-53-58-63-68-82(87)99-78(72-93-80(85)66-61-56-51-46-42-38-36-35-37-41-44-49-54-59-64-75(5)9-4)74-97-101(90,91)95-70-76(83)69-94-100(88,89)96-73-77(71-92-79(84)65-60-55-50-45-24-21-18-15-12-8-3)98-81(86)67-62-57-52-47-40-23-20-17-14-11-7-2/h75-78,83H,6-74H2,1-5H3,(H,88,89)(H,90,91)/t75?,76-,77+,78+/m0/s1. The number of carbonyl (C=O) groups is 4. The lowest BCUT2D eigenvalue weighted by atomic mass is 9.99. The zero-order chi connectivity index (χ0) is 74.1.